The number of hydrogen-bond donors (Lipinski definition) is 1. The van der Waals surface area contributed by atoms with E-state index in [9.17, 15) is 18.0 Å². The lowest BCUT2D eigenvalue weighted by atomic mass is 10.1. The van der Waals surface area contributed by atoms with E-state index >= 15 is 0 Å². The zero-order valence-electron chi connectivity index (χ0n) is 16.2. The first kappa shape index (κ1) is 21.0. The number of sulfonamides is 1. The van der Waals surface area contributed by atoms with Crippen molar-refractivity contribution in [3.63, 3.8) is 0 Å². The predicted octanol–water partition coefficient (Wildman–Crippen LogP) is 1.02. The number of rotatable bonds is 7. The van der Waals surface area contributed by atoms with Crippen molar-refractivity contribution in [1.82, 2.24) is 14.5 Å². The SMILES string of the molecule is O=C(Cc1ccccc1)NCC(=O)N1CCN(S(=O)(=O)Cc2ccccc2)CC1. The van der Waals surface area contributed by atoms with Crippen LogP contribution in [0.1, 0.15) is 11.1 Å². The summed E-state index contributed by atoms with van der Waals surface area (Å²) in [5.41, 5.74) is 1.63. The molecule has 1 N–H and O–H groups in total. The summed E-state index contributed by atoms with van der Waals surface area (Å²) >= 11 is 0. The molecule has 0 unspecified atom stereocenters. The van der Waals surface area contributed by atoms with Crippen molar-refractivity contribution in [2.24, 2.45) is 0 Å². The zero-order chi connectivity index (χ0) is 20.7. The molecule has 0 atom stereocenters. The smallest absolute Gasteiger partial charge is 0.242 e. The number of carbonyl (C=O) groups is 2. The van der Waals surface area contributed by atoms with E-state index in [4.69, 9.17) is 0 Å². The van der Waals surface area contributed by atoms with Gasteiger partial charge in [0.25, 0.3) is 0 Å². The minimum Gasteiger partial charge on any atom is -0.347 e. The van der Waals surface area contributed by atoms with Crippen molar-refractivity contribution in [2.45, 2.75) is 12.2 Å². The van der Waals surface area contributed by atoms with E-state index in [1.807, 2.05) is 48.5 Å². The maximum Gasteiger partial charge on any atom is 0.242 e. The van der Waals surface area contributed by atoms with Crippen molar-refractivity contribution < 1.29 is 18.0 Å². The van der Waals surface area contributed by atoms with Crippen LogP contribution in [0.15, 0.2) is 60.7 Å². The molecule has 0 aromatic heterocycles. The van der Waals surface area contributed by atoms with Crippen LogP contribution in [0.3, 0.4) is 0 Å². The molecule has 2 aromatic rings. The van der Waals surface area contributed by atoms with E-state index in [0.717, 1.165) is 11.1 Å². The molecule has 2 aromatic carbocycles. The fourth-order valence-electron chi connectivity index (χ4n) is 3.22. The normalized spacial score (nSPS) is 15.1. The van der Waals surface area contributed by atoms with Crippen molar-refractivity contribution >= 4 is 21.8 Å². The zero-order valence-corrected chi connectivity index (χ0v) is 17.0. The Hall–Kier alpha value is -2.71. The van der Waals surface area contributed by atoms with Gasteiger partial charge in [0.2, 0.25) is 21.8 Å². The largest absolute Gasteiger partial charge is 0.347 e. The van der Waals surface area contributed by atoms with E-state index in [2.05, 4.69) is 5.32 Å². The van der Waals surface area contributed by atoms with Crippen LogP contribution in [0.2, 0.25) is 0 Å². The molecule has 1 fully saturated rings. The molecule has 29 heavy (non-hydrogen) atoms. The van der Waals surface area contributed by atoms with E-state index in [1.165, 1.54) is 4.31 Å². The van der Waals surface area contributed by atoms with Crippen LogP contribution in [0.25, 0.3) is 0 Å². The first-order valence-corrected chi connectivity index (χ1v) is 11.1. The average Bonchev–Trinajstić information content (AvgIpc) is 2.73. The molecule has 1 saturated heterocycles. The van der Waals surface area contributed by atoms with Gasteiger partial charge in [0, 0.05) is 26.2 Å². The van der Waals surface area contributed by atoms with Crippen molar-refractivity contribution in [2.75, 3.05) is 32.7 Å². The molecule has 1 aliphatic heterocycles. The van der Waals surface area contributed by atoms with Crippen LogP contribution in [0.4, 0.5) is 0 Å². The van der Waals surface area contributed by atoms with Crippen LogP contribution in [0, 0.1) is 0 Å². The summed E-state index contributed by atoms with van der Waals surface area (Å²) in [6.45, 7) is 1.09. The third-order valence-corrected chi connectivity index (χ3v) is 6.67. The molecule has 2 amide bonds. The molecule has 1 aliphatic rings. The topological polar surface area (TPSA) is 86.8 Å². The maximum atomic E-state index is 12.6. The van der Waals surface area contributed by atoms with Crippen molar-refractivity contribution in [3.8, 4) is 0 Å². The van der Waals surface area contributed by atoms with E-state index in [1.54, 1.807) is 17.0 Å². The van der Waals surface area contributed by atoms with E-state index in [0.29, 0.717) is 13.1 Å². The number of amides is 2. The molecule has 7 nitrogen and oxygen atoms in total. The second-order valence-electron chi connectivity index (χ2n) is 6.96. The lowest BCUT2D eigenvalue weighted by molar-refractivity contribution is -0.133. The quantitative estimate of drug-likeness (QED) is 0.732. The van der Waals surface area contributed by atoms with Crippen LogP contribution in [-0.4, -0.2) is 62.2 Å². The highest BCUT2D eigenvalue weighted by atomic mass is 32.2. The number of piperazine rings is 1. The third kappa shape index (κ3) is 6.13. The summed E-state index contributed by atoms with van der Waals surface area (Å²) in [4.78, 5) is 25.9. The summed E-state index contributed by atoms with van der Waals surface area (Å²) in [6.07, 6.45) is 0.222. The summed E-state index contributed by atoms with van der Waals surface area (Å²) in [5.74, 6) is -0.461. The number of nitrogens with zero attached hydrogens (tertiary/aromatic N) is 2. The molecule has 0 bridgehead atoms. The van der Waals surface area contributed by atoms with Gasteiger partial charge in [-0.1, -0.05) is 60.7 Å². The second-order valence-corrected chi connectivity index (χ2v) is 8.93. The summed E-state index contributed by atoms with van der Waals surface area (Å²) in [5, 5.41) is 2.64. The van der Waals surface area contributed by atoms with Crippen LogP contribution in [-0.2, 0) is 31.8 Å². The molecule has 154 valence electrons. The Balaban J connectivity index is 1.43. The Bertz CT molecular complexity index is 925. The molecule has 0 saturated carbocycles. The number of nitrogens with one attached hydrogen (secondary N) is 1. The van der Waals surface area contributed by atoms with Gasteiger partial charge in [-0.05, 0) is 11.1 Å². The standard InChI is InChI=1S/C21H25N3O4S/c25-20(15-18-7-3-1-4-8-18)22-16-21(26)23-11-13-24(14-12-23)29(27,28)17-19-9-5-2-6-10-19/h1-10H,11-17H2,(H,22,25). The van der Waals surface area contributed by atoms with Gasteiger partial charge in [0.05, 0.1) is 18.7 Å². The molecule has 0 radical (unpaired) electrons. The third-order valence-electron chi connectivity index (χ3n) is 4.82. The monoisotopic (exact) mass is 415 g/mol. The predicted molar refractivity (Wildman–Crippen MR) is 110 cm³/mol. The average molecular weight is 416 g/mol. The number of carbonyl (C=O) groups excluding carboxylic acids is 2. The fourth-order valence-corrected chi connectivity index (χ4v) is 4.74. The van der Waals surface area contributed by atoms with E-state index < -0.39 is 10.0 Å². The van der Waals surface area contributed by atoms with Gasteiger partial charge in [-0.2, -0.15) is 4.31 Å². The van der Waals surface area contributed by atoms with Gasteiger partial charge in [-0.25, -0.2) is 8.42 Å². The lowest BCUT2D eigenvalue weighted by Crippen LogP contribution is -2.52. The second kappa shape index (κ2) is 9.67. The van der Waals surface area contributed by atoms with Gasteiger partial charge < -0.3 is 10.2 Å². The molecular formula is C21H25N3O4S. The first-order valence-electron chi connectivity index (χ1n) is 9.54. The Morgan fingerprint density at radius 3 is 1.97 bits per heavy atom. The molecule has 3 rings (SSSR count). The number of benzene rings is 2. The van der Waals surface area contributed by atoms with E-state index in [-0.39, 0.29) is 43.6 Å². The number of hydrogen-bond acceptors (Lipinski definition) is 4. The Kier molecular flexibility index (Phi) is 7.00. The van der Waals surface area contributed by atoms with Crippen LogP contribution in [0.5, 0.6) is 0 Å². The lowest BCUT2D eigenvalue weighted by Gasteiger charge is -2.34. The Morgan fingerprint density at radius 1 is 0.828 bits per heavy atom. The van der Waals surface area contributed by atoms with Gasteiger partial charge in [-0.3, -0.25) is 9.59 Å². The highest BCUT2D eigenvalue weighted by molar-refractivity contribution is 7.88. The minimum absolute atomic E-state index is 0.0443. The Morgan fingerprint density at radius 2 is 1.38 bits per heavy atom. The highest BCUT2D eigenvalue weighted by Crippen LogP contribution is 2.13. The summed E-state index contributed by atoms with van der Waals surface area (Å²) in [7, 11) is -3.42. The minimum atomic E-state index is -3.42. The molecule has 8 heteroatoms. The summed E-state index contributed by atoms with van der Waals surface area (Å²) < 4.78 is 26.6. The first-order chi connectivity index (χ1) is 13.9. The molecule has 0 aliphatic carbocycles. The van der Waals surface area contributed by atoms with Gasteiger partial charge in [0.15, 0.2) is 0 Å². The van der Waals surface area contributed by atoms with Gasteiger partial charge in [-0.15, -0.1) is 0 Å². The van der Waals surface area contributed by atoms with Crippen LogP contribution >= 0.6 is 0 Å². The molecule has 1 heterocycles. The summed E-state index contributed by atoms with van der Waals surface area (Å²) in [6, 6.07) is 18.4. The van der Waals surface area contributed by atoms with Gasteiger partial charge >= 0.3 is 0 Å². The van der Waals surface area contributed by atoms with Crippen molar-refractivity contribution in [1.29, 1.82) is 0 Å². The maximum absolute atomic E-state index is 12.6. The molecule has 0 spiro atoms. The highest BCUT2D eigenvalue weighted by Gasteiger charge is 2.28. The van der Waals surface area contributed by atoms with Crippen molar-refractivity contribution in [3.05, 3.63) is 71.8 Å². The van der Waals surface area contributed by atoms with Crippen LogP contribution < -0.4 is 5.32 Å². The van der Waals surface area contributed by atoms with Gasteiger partial charge in [0.1, 0.15) is 0 Å². The molecular weight excluding hydrogens is 390 g/mol. The Labute approximate surface area is 171 Å². The fraction of sp³-hybridized carbons (Fsp3) is 0.333.